The maximum atomic E-state index is 11.1. The first-order valence-corrected chi connectivity index (χ1v) is 10.2. The molecule has 0 fully saturated rings. The molecule has 0 aliphatic rings. The fourth-order valence-corrected chi connectivity index (χ4v) is 2.93. The Morgan fingerprint density at radius 2 is 1.45 bits per heavy atom. The number of aliphatic hydroxyl groups excluding tert-OH is 2. The van der Waals surface area contributed by atoms with Gasteiger partial charge in [-0.05, 0) is 32.1 Å². The summed E-state index contributed by atoms with van der Waals surface area (Å²) in [7, 11) is 0. The van der Waals surface area contributed by atoms with Crippen molar-refractivity contribution in [2.45, 2.75) is 95.4 Å². The Balaban J connectivity index is 4.34. The predicted molar refractivity (Wildman–Crippen MR) is 110 cm³/mol. The number of carbonyl (C=O) groups excluding carboxylic acids is 1. The Bertz CT molecular complexity index is 537. The predicted octanol–water partition coefficient (Wildman–Crippen LogP) is 3.23. The average molecular weight is 414 g/mol. The fourth-order valence-electron chi connectivity index (χ4n) is 2.93. The van der Waals surface area contributed by atoms with Gasteiger partial charge >= 0.3 is 0 Å². The van der Waals surface area contributed by atoms with Crippen molar-refractivity contribution < 1.29 is 24.9 Å². The largest absolute Gasteiger partial charge is 0.386 e. The van der Waals surface area contributed by atoms with E-state index in [1.165, 1.54) is 0 Å². The number of nitro groups is 2. The molecule has 0 aromatic carbocycles. The van der Waals surface area contributed by atoms with E-state index in [0.29, 0.717) is 25.7 Å². The molecular formula is C20H34N2O7. The zero-order valence-corrected chi connectivity index (χ0v) is 17.1. The van der Waals surface area contributed by atoms with E-state index < -0.39 is 34.1 Å². The topological polar surface area (TPSA) is 144 Å². The second-order valence-electron chi connectivity index (χ2n) is 7.08. The summed E-state index contributed by atoms with van der Waals surface area (Å²) in [6.07, 6.45) is 9.84. The van der Waals surface area contributed by atoms with Crippen LogP contribution in [0.5, 0.6) is 0 Å². The molecule has 9 nitrogen and oxygen atoms in total. The van der Waals surface area contributed by atoms with E-state index in [-0.39, 0.29) is 25.7 Å². The number of hydrogen-bond donors (Lipinski definition) is 2. The van der Waals surface area contributed by atoms with Crippen molar-refractivity contribution in [3.05, 3.63) is 44.5 Å². The number of aliphatic hydroxyl groups is 2. The van der Waals surface area contributed by atoms with Crippen molar-refractivity contribution >= 4 is 6.29 Å². The third-order valence-corrected chi connectivity index (χ3v) is 4.72. The van der Waals surface area contributed by atoms with Gasteiger partial charge in [-0.3, -0.25) is 20.2 Å². The molecule has 29 heavy (non-hydrogen) atoms. The highest BCUT2D eigenvalue weighted by Gasteiger charge is 2.28. The average Bonchev–Trinajstić information content (AvgIpc) is 2.66. The molecule has 0 rings (SSSR count). The van der Waals surface area contributed by atoms with Crippen LogP contribution in [0.4, 0.5) is 0 Å². The number of rotatable bonds is 18. The number of hydrogen-bond acceptors (Lipinski definition) is 7. The van der Waals surface area contributed by atoms with Crippen LogP contribution >= 0.6 is 0 Å². The Kier molecular flexibility index (Phi) is 15.6. The van der Waals surface area contributed by atoms with E-state index in [4.69, 9.17) is 0 Å². The van der Waals surface area contributed by atoms with Gasteiger partial charge < -0.3 is 15.0 Å². The minimum absolute atomic E-state index is 0.0759. The second kappa shape index (κ2) is 16.8. The van der Waals surface area contributed by atoms with Crippen LogP contribution in [0.3, 0.4) is 0 Å². The van der Waals surface area contributed by atoms with Gasteiger partial charge in [-0.25, -0.2) is 0 Å². The summed E-state index contributed by atoms with van der Waals surface area (Å²) in [6, 6.07) is -2.09. The van der Waals surface area contributed by atoms with Crippen molar-refractivity contribution in [3.63, 3.8) is 0 Å². The van der Waals surface area contributed by atoms with Gasteiger partial charge in [0, 0.05) is 29.1 Å². The first kappa shape index (κ1) is 26.9. The number of nitrogens with zero attached hydrogens (tertiary/aromatic N) is 2. The molecular weight excluding hydrogens is 380 g/mol. The molecule has 0 saturated carbocycles. The molecule has 4 unspecified atom stereocenters. The lowest BCUT2D eigenvalue weighted by molar-refractivity contribution is -0.535. The zero-order chi connectivity index (χ0) is 22.1. The van der Waals surface area contributed by atoms with Crippen LogP contribution in [0.1, 0.15) is 71.1 Å². The Morgan fingerprint density at radius 1 is 0.828 bits per heavy atom. The molecule has 166 valence electrons. The number of carbonyl (C=O) groups is 1. The smallest absolute Gasteiger partial charge is 0.241 e. The van der Waals surface area contributed by atoms with Crippen molar-refractivity contribution in [1.82, 2.24) is 0 Å². The van der Waals surface area contributed by atoms with E-state index in [0.717, 1.165) is 19.1 Å². The molecule has 0 amide bonds. The van der Waals surface area contributed by atoms with Gasteiger partial charge in [0.2, 0.25) is 12.1 Å². The highest BCUT2D eigenvalue weighted by atomic mass is 16.6. The van der Waals surface area contributed by atoms with E-state index >= 15 is 0 Å². The first-order valence-electron chi connectivity index (χ1n) is 10.2. The molecule has 0 aliphatic heterocycles. The second-order valence-corrected chi connectivity index (χ2v) is 7.08. The van der Waals surface area contributed by atoms with Crippen LogP contribution in [-0.2, 0) is 4.79 Å². The Morgan fingerprint density at radius 3 is 2.00 bits per heavy atom. The summed E-state index contributed by atoms with van der Waals surface area (Å²) in [6.45, 7) is 2.01. The van der Waals surface area contributed by atoms with E-state index in [1.807, 2.05) is 6.92 Å². The van der Waals surface area contributed by atoms with Crippen LogP contribution in [0.15, 0.2) is 24.3 Å². The molecule has 0 aromatic heterocycles. The van der Waals surface area contributed by atoms with Gasteiger partial charge in [0.1, 0.15) is 18.5 Å². The number of aldehydes is 1. The number of unbranched alkanes of at least 4 members (excludes halogenated alkanes) is 3. The Labute approximate surface area is 171 Å². The van der Waals surface area contributed by atoms with E-state index in [1.54, 1.807) is 24.3 Å². The summed E-state index contributed by atoms with van der Waals surface area (Å²) in [5.41, 5.74) is 0. The summed E-state index contributed by atoms with van der Waals surface area (Å²) in [5, 5.41) is 42.1. The summed E-state index contributed by atoms with van der Waals surface area (Å²) in [4.78, 5) is 31.5. The lowest BCUT2D eigenvalue weighted by atomic mass is 10.0. The molecule has 0 spiro atoms. The quantitative estimate of drug-likeness (QED) is 0.115. The minimum atomic E-state index is -1.12. The number of allylic oxidation sites excluding steroid dienone is 2. The summed E-state index contributed by atoms with van der Waals surface area (Å²) in [5.74, 6) is 0. The highest BCUT2D eigenvalue weighted by molar-refractivity contribution is 5.48. The monoisotopic (exact) mass is 414 g/mol. The van der Waals surface area contributed by atoms with Gasteiger partial charge in [0.15, 0.2) is 0 Å². The molecule has 0 aliphatic carbocycles. The van der Waals surface area contributed by atoms with Crippen LogP contribution in [0.2, 0.25) is 0 Å². The normalized spacial score (nSPS) is 16.0. The van der Waals surface area contributed by atoms with Gasteiger partial charge in [-0.15, -0.1) is 0 Å². The summed E-state index contributed by atoms with van der Waals surface area (Å²) < 4.78 is 0. The Hall–Kier alpha value is -2.13. The third kappa shape index (κ3) is 12.8. The SMILES string of the molecule is CCCCCC(C(O)C/C=C\C/C=C\CC(C(O)CCCC=O)[N+](=O)[O-])[N+](=O)[O-]. The molecule has 2 N–H and O–H groups in total. The van der Waals surface area contributed by atoms with E-state index in [2.05, 4.69) is 0 Å². The third-order valence-electron chi connectivity index (χ3n) is 4.72. The van der Waals surface area contributed by atoms with Crippen LogP contribution in [-0.4, -0.2) is 50.6 Å². The molecule has 0 bridgehead atoms. The molecule has 9 heteroatoms. The van der Waals surface area contributed by atoms with Crippen LogP contribution in [0, 0.1) is 20.2 Å². The minimum Gasteiger partial charge on any atom is -0.386 e. The van der Waals surface area contributed by atoms with Crippen molar-refractivity contribution in [2.75, 3.05) is 0 Å². The first-order chi connectivity index (χ1) is 13.8. The van der Waals surface area contributed by atoms with Gasteiger partial charge in [0.25, 0.3) is 0 Å². The van der Waals surface area contributed by atoms with E-state index in [9.17, 15) is 35.2 Å². The maximum absolute atomic E-state index is 11.1. The van der Waals surface area contributed by atoms with Crippen molar-refractivity contribution in [1.29, 1.82) is 0 Å². The molecule has 4 atom stereocenters. The maximum Gasteiger partial charge on any atom is 0.241 e. The lowest BCUT2D eigenvalue weighted by Crippen LogP contribution is -2.33. The zero-order valence-electron chi connectivity index (χ0n) is 17.1. The standard InChI is InChI=1S/C20H34N2O7/c1-2-3-7-12-17(21(26)27)19(24)14-9-6-4-5-8-13-18(22(28)29)20(25)15-10-11-16-23/h5-6,8-9,16-20,24-25H,2-4,7,10-15H2,1H3/b8-5-,9-6-. The highest BCUT2D eigenvalue weighted by Crippen LogP contribution is 2.14. The molecule has 0 saturated heterocycles. The van der Waals surface area contributed by atoms with Crippen molar-refractivity contribution in [2.24, 2.45) is 0 Å². The van der Waals surface area contributed by atoms with Gasteiger partial charge in [-0.2, -0.15) is 0 Å². The lowest BCUT2D eigenvalue weighted by Gasteiger charge is -2.14. The van der Waals surface area contributed by atoms with Crippen LogP contribution < -0.4 is 0 Å². The van der Waals surface area contributed by atoms with Crippen LogP contribution in [0.25, 0.3) is 0 Å². The molecule has 0 radical (unpaired) electrons. The van der Waals surface area contributed by atoms with Gasteiger partial charge in [0.05, 0.1) is 0 Å². The molecule has 0 heterocycles. The summed E-state index contributed by atoms with van der Waals surface area (Å²) >= 11 is 0. The van der Waals surface area contributed by atoms with Crippen molar-refractivity contribution in [3.8, 4) is 0 Å². The van der Waals surface area contributed by atoms with Gasteiger partial charge in [-0.1, -0.05) is 44.1 Å². The molecule has 0 aromatic rings. The fraction of sp³-hybridized carbons (Fsp3) is 0.750.